The molecule has 0 saturated heterocycles. The summed E-state index contributed by atoms with van der Waals surface area (Å²) in [5.74, 6) is -0.127. The second-order valence-electron chi connectivity index (χ2n) is 9.96. The largest absolute Gasteiger partial charge is 0.497 e. The number of methoxy groups -OCH3 is 1. The molecule has 0 aliphatic rings. The molecule has 10 heteroatoms. The third-order valence-electron chi connectivity index (χ3n) is 6.95. The van der Waals surface area contributed by atoms with Gasteiger partial charge in [-0.25, -0.2) is 8.42 Å². The fraction of sp³-hybridized carbons (Fsp3) is 0.375. The average Bonchev–Trinajstić information content (AvgIpc) is 3.00. The van der Waals surface area contributed by atoms with Crippen molar-refractivity contribution in [3.05, 3.63) is 83.9 Å². The first-order valence-electron chi connectivity index (χ1n) is 14.1. The van der Waals surface area contributed by atoms with Crippen molar-refractivity contribution in [1.29, 1.82) is 0 Å². The quantitative estimate of drug-likeness (QED) is 0.176. The van der Waals surface area contributed by atoms with E-state index in [2.05, 4.69) is 5.32 Å². The Hall–Kier alpha value is -3.50. The molecule has 226 valence electrons. The van der Waals surface area contributed by atoms with Crippen molar-refractivity contribution in [2.45, 2.75) is 62.4 Å². The van der Waals surface area contributed by atoms with E-state index in [1.807, 2.05) is 57.4 Å². The number of unbranched alkanes of at least 4 members (excludes halogenated alkanes) is 1. The predicted molar refractivity (Wildman–Crippen MR) is 169 cm³/mol. The number of thioether (sulfide) groups is 1. The minimum atomic E-state index is -4.12. The van der Waals surface area contributed by atoms with E-state index in [-0.39, 0.29) is 17.3 Å². The maximum atomic E-state index is 14.2. The summed E-state index contributed by atoms with van der Waals surface area (Å²) in [5, 5.41) is 2.95. The van der Waals surface area contributed by atoms with Gasteiger partial charge in [0, 0.05) is 18.0 Å². The van der Waals surface area contributed by atoms with E-state index < -0.39 is 28.5 Å². The highest BCUT2D eigenvalue weighted by molar-refractivity contribution is 7.98. The van der Waals surface area contributed by atoms with Crippen molar-refractivity contribution < 1.29 is 22.7 Å². The van der Waals surface area contributed by atoms with Crippen molar-refractivity contribution >= 4 is 39.3 Å². The van der Waals surface area contributed by atoms with Gasteiger partial charge in [-0.15, -0.1) is 11.8 Å². The van der Waals surface area contributed by atoms with Gasteiger partial charge in [0.05, 0.1) is 17.7 Å². The number of ether oxygens (including phenoxy) is 1. The molecule has 0 unspecified atom stereocenters. The molecule has 8 nitrogen and oxygen atoms in total. The van der Waals surface area contributed by atoms with Crippen molar-refractivity contribution in [1.82, 2.24) is 10.2 Å². The Balaban J connectivity index is 2.04. The molecule has 1 N–H and O–H groups in total. The summed E-state index contributed by atoms with van der Waals surface area (Å²) < 4.78 is 34.5. The van der Waals surface area contributed by atoms with Crippen molar-refractivity contribution in [2.24, 2.45) is 0 Å². The van der Waals surface area contributed by atoms with Crippen LogP contribution in [0.15, 0.2) is 82.6 Å². The second-order valence-corrected chi connectivity index (χ2v) is 12.7. The molecule has 0 aliphatic carbocycles. The zero-order valence-corrected chi connectivity index (χ0v) is 26.6. The molecule has 0 heterocycles. The first-order chi connectivity index (χ1) is 20.1. The third kappa shape index (κ3) is 8.51. The van der Waals surface area contributed by atoms with Gasteiger partial charge >= 0.3 is 0 Å². The topological polar surface area (TPSA) is 96.0 Å². The SMILES string of the molecule is CCCCNC(=O)[C@H](CC)N(Cc1cccc(OC)c1)C(=O)CN(c1ccc(C)cc1)S(=O)(=O)c1ccc(SC)cc1. The first kappa shape index (κ1) is 33.0. The Labute approximate surface area is 254 Å². The van der Waals surface area contributed by atoms with E-state index in [0.29, 0.717) is 24.4 Å². The van der Waals surface area contributed by atoms with Gasteiger partial charge in [-0.3, -0.25) is 13.9 Å². The lowest BCUT2D eigenvalue weighted by atomic mass is 10.1. The fourth-order valence-electron chi connectivity index (χ4n) is 4.51. The average molecular weight is 612 g/mol. The maximum absolute atomic E-state index is 14.2. The Bertz CT molecular complexity index is 1430. The number of amides is 2. The Morgan fingerprint density at radius 1 is 1.00 bits per heavy atom. The van der Waals surface area contributed by atoms with Gasteiger partial charge in [0.25, 0.3) is 10.0 Å². The normalized spacial score (nSPS) is 11.9. The standard InChI is InChI=1S/C32H41N3O5S2/c1-6-8-20-33-32(37)30(7-2)34(22-25-10-9-11-27(21-25)40-4)31(36)23-35(26-14-12-24(3)13-15-26)42(38,39)29-18-16-28(41-5)17-19-29/h9-19,21,30H,6-8,20,22-23H2,1-5H3,(H,33,37)/t30-/m0/s1. The van der Waals surface area contributed by atoms with Crippen LogP contribution < -0.4 is 14.4 Å². The van der Waals surface area contributed by atoms with Gasteiger partial charge in [0.1, 0.15) is 18.3 Å². The first-order valence-corrected chi connectivity index (χ1v) is 16.7. The minimum absolute atomic E-state index is 0.0809. The second kappa shape index (κ2) is 15.7. The number of hydrogen-bond donors (Lipinski definition) is 1. The van der Waals surface area contributed by atoms with Crippen molar-refractivity contribution in [3.8, 4) is 5.75 Å². The predicted octanol–water partition coefficient (Wildman–Crippen LogP) is 5.64. The van der Waals surface area contributed by atoms with Crippen LogP contribution in [-0.2, 0) is 26.2 Å². The Morgan fingerprint density at radius 2 is 1.69 bits per heavy atom. The summed E-state index contributed by atoms with van der Waals surface area (Å²) in [7, 11) is -2.55. The summed E-state index contributed by atoms with van der Waals surface area (Å²) in [6.45, 7) is 5.93. The molecule has 0 radical (unpaired) electrons. The van der Waals surface area contributed by atoms with Crippen LogP contribution in [0.3, 0.4) is 0 Å². The maximum Gasteiger partial charge on any atom is 0.264 e. The number of rotatable bonds is 15. The molecule has 0 aromatic heterocycles. The monoisotopic (exact) mass is 611 g/mol. The fourth-order valence-corrected chi connectivity index (χ4v) is 6.33. The van der Waals surface area contributed by atoms with Crippen LogP contribution in [0.1, 0.15) is 44.2 Å². The van der Waals surface area contributed by atoms with Crippen LogP contribution in [0.25, 0.3) is 0 Å². The number of sulfonamides is 1. The van der Waals surface area contributed by atoms with E-state index in [9.17, 15) is 18.0 Å². The molecule has 0 aliphatic heterocycles. The number of benzene rings is 3. The molecular weight excluding hydrogens is 571 g/mol. The zero-order chi connectivity index (χ0) is 30.7. The zero-order valence-electron chi connectivity index (χ0n) is 25.0. The summed E-state index contributed by atoms with van der Waals surface area (Å²) in [5.41, 5.74) is 2.09. The Kier molecular flexibility index (Phi) is 12.3. The van der Waals surface area contributed by atoms with Crippen molar-refractivity contribution in [2.75, 3.05) is 30.8 Å². The van der Waals surface area contributed by atoms with Crippen LogP contribution in [0, 0.1) is 6.92 Å². The molecule has 1 atom stereocenters. The summed E-state index contributed by atoms with van der Waals surface area (Å²) >= 11 is 1.51. The summed E-state index contributed by atoms with van der Waals surface area (Å²) in [4.78, 5) is 30.0. The van der Waals surface area contributed by atoms with E-state index in [4.69, 9.17) is 4.74 Å². The molecule has 0 bridgehead atoms. The number of nitrogens with zero attached hydrogens (tertiary/aromatic N) is 2. The van der Waals surface area contributed by atoms with Gasteiger partial charge in [-0.05, 0) is 80.1 Å². The number of anilines is 1. The van der Waals surface area contributed by atoms with Crippen LogP contribution in [0.2, 0.25) is 0 Å². The van der Waals surface area contributed by atoms with E-state index in [1.165, 1.54) is 16.7 Å². The van der Waals surface area contributed by atoms with Crippen molar-refractivity contribution in [3.63, 3.8) is 0 Å². The number of hydrogen-bond acceptors (Lipinski definition) is 6. The lowest BCUT2D eigenvalue weighted by Gasteiger charge is -2.33. The van der Waals surface area contributed by atoms with Gasteiger partial charge in [-0.2, -0.15) is 0 Å². The minimum Gasteiger partial charge on any atom is -0.497 e. The smallest absolute Gasteiger partial charge is 0.264 e. The third-order valence-corrected chi connectivity index (χ3v) is 9.48. The molecule has 42 heavy (non-hydrogen) atoms. The number of carbonyl (C=O) groups excluding carboxylic acids is 2. The lowest BCUT2D eigenvalue weighted by molar-refractivity contribution is -0.140. The lowest BCUT2D eigenvalue weighted by Crippen LogP contribution is -2.52. The highest BCUT2D eigenvalue weighted by Gasteiger charge is 2.33. The molecule has 3 aromatic carbocycles. The van der Waals surface area contributed by atoms with Crippen LogP contribution in [0.5, 0.6) is 5.75 Å². The Morgan fingerprint density at radius 3 is 2.29 bits per heavy atom. The van der Waals surface area contributed by atoms with E-state index >= 15 is 0 Å². The molecule has 2 amide bonds. The summed E-state index contributed by atoms with van der Waals surface area (Å²) in [6, 6.07) is 20.1. The molecule has 3 aromatic rings. The number of aryl methyl sites for hydroxylation is 1. The summed E-state index contributed by atoms with van der Waals surface area (Å²) in [6.07, 6.45) is 4.02. The van der Waals surface area contributed by atoms with Crippen LogP contribution in [0.4, 0.5) is 5.69 Å². The van der Waals surface area contributed by atoms with Gasteiger partial charge < -0.3 is 15.0 Å². The molecule has 0 fully saturated rings. The van der Waals surface area contributed by atoms with Crippen LogP contribution >= 0.6 is 11.8 Å². The highest BCUT2D eigenvalue weighted by Crippen LogP contribution is 2.27. The van der Waals surface area contributed by atoms with Gasteiger partial charge in [0.15, 0.2) is 0 Å². The van der Waals surface area contributed by atoms with Crippen LogP contribution in [-0.4, -0.2) is 57.6 Å². The number of carbonyl (C=O) groups is 2. The molecule has 3 rings (SSSR count). The van der Waals surface area contributed by atoms with Gasteiger partial charge in [-0.1, -0.05) is 50.1 Å². The number of nitrogens with one attached hydrogen (secondary N) is 1. The molecule has 0 saturated carbocycles. The molecule has 0 spiro atoms. The highest BCUT2D eigenvalue weighted by atomic mass is 32.2. The molecular formula is C32H41N3O5S2. The van der Waals surface area contributed by atoms with E-state index in [1.54, 1.807) is 49.6 Å². The van der Waals surface area contributed by atoms with Gasteiger partial charge in [0.2, 0.25) is 11.8 Å². The van der Waals surface area contributed by atoms with E-state index in [0.717, 1.165) is 33.2 Å².